The molecule has 1 aliphatic carbocycles. The van der Waals surface area contributed by atoms with Gasteiger partial charge in [-0.2, -0.15) is 11.8 Å². The van der Waals surface area contributed by atoms with Crippen molar-refractivity contribution in [3.63, 3.8) is 0 Å². The lowest BCUT2D eigenvalue weighted by Crippen LogP contribution is -2.54. The Labute approximate surface area is 179 Å². The molecule has 4 atom stereocenters. The topological polar surface area (TPSA) is 78.5 Å². The molecule has 0 unspecified atom stereocenters. The van der Waals surface area contributed by atoms with Crippen LogP contribution in [0.3, 0.4) is 0 Å². The fraction of sp³-hybridized carbons (Fsp3) is 0.571. The number of para-hydroxylation sites is 1. The number of carbonyl (C=O) groups excluding carboxylic acids is 3. The van der Waals surface area contributed by atoms with Crippen LogP contribution in [0.1, 0.15) is 37.7 Å². The van der Waals surface area contributed by atoms with Gasteiger partial charge in [-0.3, -0.25) is 24.6 Å². The van der Waals surface area contributed by atoms with Crippen molar-refractivity contribution >= 4 is 46.8 Å². The number of hydrogen-bond acceptors (Lipinski definition) is 5. The molecule has 2 N–H and O–H groups in total. The average molecular weight is 434 g/mol. The summed E-state index contributed by atoms with van der Waals surface area (Å²) in [5.74, 6) is -0.962. The van der Waals surface area contributed by atoms with Crippen LogP contribution in [0.25, 0.3) is 0 Å². The molecule has 3 aliphatic heterocycles. The summed E-state index contributed by atoms with van der Waals surface area (Å²) in [6, 6.07) is 5.12. The highest BCUT2D eigenvalue weighted by atomic mass is 35.5. The van der Waals surface area contributed by atoms with E-state index in [1.807, 2.05) is 12.3 Å². The first kappa shape index (κ1) is 19.4. The van der Waals surface area contributed by atoms with Gasteiger partial charge in [-0.25, -0.2) is 0 Å². The van der Waals surface area contributed by atoms with E-state index in [-0.39, 0.29) is 29.8 Å². The molecule has 3 fully saturated rings. The van der Waals surface area contributed by atoms with Crippen LogP contribution in [0.2, 0.25) is 5.02 Å². The van der Waals surface area contributed by atoms with Crippen LogP contribution in [0.15, 0.2) is 18.2 Å². The number of nitrogens with one attached hydrogen (secondary N) is 2. The number of likely N-dealkylation sites (tertiary alicyclic amines) is 1. The molecular formula is C21H24ClN3O3S. The Bertz CT molecular complexity index is 903. The Morgan fingerprint density at radius 2 is 1.97 bits per heavy atom. The first-order chi connectivity index (χ1) is 14.0. The molecule has 3 heterocycles. The van der Waals surface area contributed by atoms with Gasteiger partial charge in [0.2, 0.25) is 17.7 Å². The average Bonchev–Trinajstić information content (AvgIpc) is 3.44. The van der Waals surface area contributed by atoms with Crippen molar-refractivity contribution in [1.29, 1.82) is 0 Å². The van der Waals surface area contributed by atoms with E-state index in [0.717, 1.165) is 37.9 Å². The van der Waals surface area contributed by atoms with Crippen LogP contribution in [-0.2, 0) is 19.9 Å². The summed E-state index contributed by atoms with van der Waals surface area (Å²) >= 11 is 8.05. The second-order valence-corrected chi connectivity index (χ2v) is 9.84. The van der Waals surface area contributed by atoms with Gasteiger partial charge in [0.05, 0.1) is 22.5 Å². The molecule has 1 spiro atoms. The molecule has 6 nitrogen and oxygen atoms in total. The monoisotopic (exact) mass is 433 g/mol. The molecule has 154 valence electrons. The maximum absolute atomic E-state index is 13.7. The van der Waals surface area contributed by atoms with Crippen molar-refractivity contribution < 1.29 is 14.4 Å². The van der Waals surface area contributed by atoms with Crippen LogP contribution < -0.4 is 10.6 Å². The normalized spacial score (nSPS) is 33.7. The van der Waals surface area contributed by atoms with Gasteiger partial charge in [0.25, 0.3) is 0 Å². The molecule has 4 aliphatic rings. The van der Waals surface area contributed by atoms with Gasteiger partial charge in [0.15, 0.2) is 0 Å². The number of amides is 3. The number of thioether (sulfide) groups is 1. The summed E-state index contributed by atoms with van der Waals surface area (Å²) in [6.45, 7) is 0. The SMILES string of the molecule is CSCC[C@@H]1N[C@@]2(C(=O)Nc3c(Cl)cccc32)[C@@H]2C(=O)N(C3CCCC3)C(=O)[C@H]12. The zero-order chi connectivity index (χ0) is 20.3. The number of rotatable bonds is 4. The number of hydrogen-bond donors (Lipinski definition) is 2. The third-order valence-corrected chi connectivity index (χ3v) is 8.02. The molecule has 3 amide bonds. The third-order valence-electron chi connectivity index (χ3n) is 7.06. The Hall–Kier alpha value is -1.57. The molecule has 0 bridgehead atoms. The molecule has 1 saturated carbocycles. The molecule has 29 heavy (non-hydrogen) atoms. The highest BCUT2D eigenvalue weighted by Gasteiger charge is 2.70. The van der Waals surface area contributed by atoms with Crippen molar-refractivity contribution in [2.24, 2.45) is 11.8 Å². The van der Waals surface area contributed by atoms with Crippen molar-refractivity contribution in [1.82, 2.24) is 10.2 Å². The van der Waals surface area contributed by atoms with Gasteiger partial charge in [0, 0.05) is 17.6 Å². The zero-order valence-electron chi connectivity index (χ0n) is 16.2. The first-order valence-electron chi connectivity index (χ1n) is 10.2. The Morgan fingerprint density at radius 3 is 2.69 bits per heavy atom. The van der Waals surface area contributed by atoms with Crippen LogP contribution in [0, 0.1) is 11.8 Å². The Kier molecular flexibility index (Phi) is 4.68. The Balaban J connectivity index is 1.63. The van der Waals surface area contributed by atoms with Gasteiger partial charge in [0.1, 0.15) is 5.54 Å². The molecule has 0 radical (unpaired) electrons. The molecule has 1 aromatic rings. The van der Waals surface area contributed by atoms with Gasteiger partial charge in [-0.1, -0.05) is 36.6 Å². The smallest absolute Gasteiger partial charge is 0.250 e. The van der Waals surface area contributed by atoms with E-state index in [1.165, 1.54) is 4.90 Å². The van der Waals surface area contributed by atoms with Gasteiger partial charge < -0.3 is 5.32 Å². The van der Waals surface area contributed by atoms with Crippen molar-refractivity contribution in [2.45, 2.75) is 49.7 Å². The minimum absolute atomic E-state index is 0.0258. The number of imide groups is 1. The van der Waals surface area contributed by atoms with E-state index in [2.05, 4.69) is 10.6 Å². The summed E-state index contributed by atoms with van der Waals surface area (Å²) < 4.78 is 0. The van der Waals surface area contributed by atoms with Gasteiger partial charge in [-0.15, -0.1) is 0 Å². The molecule has 1 aromatic carbocycles. The highest BCUT2D eigenvalue weighted by molar-refractivity contribution is 7.98. The highest BCUT2D eigenvalue weighted by Crippen LogP contribution is 2.55. The number of halogens is 1. The van der Waals surface area contributed by atoms with Crippen molar-refractivity contribution in [3.05, 3.63) is 28.8 Å². The summed E-state index contributed by atoms with van der Waals surface area (Å²) in [7, 11) is 0. The summed E-state index contributed by atoms with van der Waals surface area (Å²) in [5.41, 5.74) is 0.00946. The molecule has 5 rings (SSSR count). The number of benzene rings is 1. The largest absolute Gasteiger partial charge is 0.323 e. The molecule has 0 aromatic heterocycles. The number of anilines is 1. The van der Waals surface area contributed by atoms with Crippen molar-refractivity contribution in [2.75, 3.05) is 17.3 Å². The van der Waals surface area contributed by atoms with E-state index in [1.54, 1.807) is 23.9 Å². The van der Waals surface area contributed by atoms with E-state index in [0.29, 0.717) is 16.3 Å². The lowest BCUT2D eigenvalue weighted by molar-refractivity contribution is -0.145. The first-order valence-corrected chi connectivity index (χ1v) is 12.0. The minimum atomic E-state index is -1.23. The fourth-order valence-corrected chi connectivity index (χ4v) is 6.54. The molecular weight excluding hydrogens is 410 g/mol. The standard InChI is InChI=1S/C21H24ClN3O3S/c1-29-10-9-14-15-16(19(27)25(18(15)26)11-5-2-3-6-11)21(24-14)12-7-4-8-13(22)17(12)23-20(21)28/h4,7-8,11,14-16,24H,2-3,5-6,9-10H2,1H3,(H,23,28)/t14-,15+,16-,21+/m0/s1. The maximum Gasteiger partial charge on any atom is 0.250 e. The second kappa shape index (κ2) is 7.00. The maximum atomic E-state index is 13.7. The number of nitrogens with zero attached hydrogens (tertiary/aromatic N) is 1. The number of carbonyl (C=O) groups is 3. The lowest BCUT2D eigenvalue weighted by Gasteiger charge is -2.31. The summed E-state index contributed by atoms with van der Waals surface area (Å²) in [4.78, 5) is 42.0. The summed E-state index contributed by atoms with van der Waals surface area (Å²) in [5, 5.41) is 6.79. The zero-order valence-corrected chi connectivity index (χ0v) is 17.8. The predicted molar refractivity (Wildman–Crippen MR) is 113 cm³/mol. The predicted octanol–water partition coefficient (Wildman–Crippen LogP) is 2.76. The van der Waals surface area contributed by atoms with Gasteiger partial charge >= 0.3 is 0 Å². The third kappa shape index (κ3) is 2.56. The van der Waals surface area contributed by atoms with Crippen LogP contribution in [-0.4, -0.2) is 46.7 Å². The van der Waals surface area contributed by atoms with E-state index in [9.17, 15) is 14.4 Å². The minimum Gasteiger partial charge on any atom is -0.323 e. The quantitative estimate of drug-likeness (QED) is 0.714. The van der Waals surface area contributed by atoms with Crippen LogP contribution in [0.4, 0.5) is 5.69 Å². The molecule has 2 saturated heterocycles. The fourth-order valence-electron chi connectivity index (χ4n) is 5.83. The van der Waals surface area contributed by atoms with Crippen molar-refractivity contribution in [3.8, 4) is 0 Å². The van der Waals surface area contributed by atoms with Gasteiger partial charge in [-0.05, 0) is 37.3 Å². The van der Waals surface area contributed by atoms with E-state index < -0.39 is 17.4 Å². The number of fused-ring (bicyclic) bond motifs is 4. The van der Waals surface area contributed by atoms with E-state index in [4.69, 9.17) is 11.6 Å². The van der Waals surface area contributed by atoms with E-state index >= 15 is 0 Å². The second-order valence-electron chi connectivity index (χ2n) is 8.45. The van der Waals surface area contributed by atoms with Crippen LogP contribution >= 0.6 is 23.4 Å². The van der Waals surface area contributed by atoms with Crippen LogP contribution in [0.5, 0.6) is 0 Å². The Morgan fingerprint density at radius 1 is 1.21 bits per heavy atom. The molecule has 8 heteroatoms. The lowest BCUT2D eigenvalue weighted by atomic mass is 9.76. The summed E-state index contributed by atoms with van der Waals surface area (Å²) in [6.07, 6.45) is 6.55.